The Morgan fingerprint density at radius 1 is 1.39 bits per heavy atom. The fraction of sp³-hybridized carbons (Fsp3) is 0.273. The molecular weight excluding hydrogens is 252 g/mol. The van der Waals surface area contributed by atoms with Crippen LogP contribution >= 0.6 is 0 Å². The van der Waals surface area contributed by atoms with Crippen molar-refractivity contribution in [2.75, 3.05) is 10.5 Å². The number of rotatable bonds is 4. The van der Waals surface area contributed by atoms with Crippen LogP contribution in [0.5, 0.6) is 0 Å². The van der Waals surface area contributed by atoms with Crippen molar-refractivity contribution in [1.29, 1.82) is 0 Å². The van der Waals surface area contributed by atoms with Crippen molar-refractivity contribution < 1.29 is 8.42 Å². The van der Waals surface area contributed by atoms with Gasteiger partial charge in [0.15, 0.2) is 5.82 Å². The minimum atomic E-state index is -3.26. The molecule has 0 aliphatic carbocycles. The predicted molar refractivity (Wildman–Crippen MR) is 69.6 cm³/mol. The van der Waals surface area contributed by atoms with Crippen LogP contribution in [0.3, 0.4) is 0 Å². The van der Waals surface area contributed by atoms with E-state index in [0.717, 1.165) is 5.56 Å². The van der Waals surface area contributed by atoms with Gasteiger partial charge in [-0.2, -0.15) is 5.10 Å². The summed E-state index contributed by atoms with van der Waals surface area (Å²) in [5.74, 6) is 1.30. The molecule has 0 unspecified atom stereocenters. The summed E-state index contributed by atoms with van der Waals surface area (Å²) in [6, 6.07) is 6.98. The van der Waals surface area contributed by atoms with Gasteiger partial charge in [0.05, 0.1) is 5.75 Å². The van der Waals surface area contributed by atoms with Crippen LogP contribution in [0.25, 0.3) is 11.4 Å². The Bertz CT molecular complexity index is 649. The van der Waals surface area contributed by atoms with E-state index in [-0.39, 0.29) is 5.75 Å². The molecule has 0 spiro atoms. The van der Waals surface area contributed by atoms with Crippen molar-refractivity contribution in [2.45, 2.75) is 13.8 Å². The van der Waals surface area contributed by atoms with E-state index in [9.17, 15) is 8.42 Å². The summed E-state index contributed by atoms with van der Waals surface area (Å²) in [6.07, 6.45) is 0. The van der Waals surface area contributed by atoms with Crippen LogP contribution in [0.15, 0.2) is 24.3 Å². The quantitative estimate of drug-likeness (QED) is 0.878. The maximum absolute atomic E-state index is 11.5. The Kier molecular flexibility index (Phi) is 3.33. The predicted octanol–water partition coefficient (Wildman–Crippen LogP) is 1.54. The van der Waals surface area contributed by atoms with Gasteiger partial charge in [-0.05, 0) is 26.0 Å². The molecule has 0 atom stereocenters. The number of hydrogen-bond acceptors (Lipinski definition) is 4. The number of H-pyrrole nitrogens is 1. The van der Waals surface area contributed by atoms with Crippen LogP contribution in [0.2, 0.25) is 0 Å². The monoisotopic (exact) mass is 266 g/mol. The van der Waals surface area contributed by atoms with Gasteiger partial charge in [0.2, 0.25) is 10.0 Å². The summed E-state index contributed by atoms with van der Waals surface area (Å²) in [6.45, 7) is 3.39. The second-order valence-electron chi connectivity index (χ2n) is 3.83. The second kappa shape index (κ2) is 4.77. The van der Waals surface area contributed by atoms with Gasteiger partial charge in [-0.15, -0.1) is 0 Å². The number of sulfonamides is 1. The fourth-order valence-electron chi connectivity index (χ4n) is 1.45. The average Bonchev–Trinajstić information content (AvgIpc) is 2.76. The van der Waals surface area contributed by atoms with Gasteiger partial charge in [0.25, 0.3) is 0 Å². The number of nitrogens with zero attached hydrogens (tertiary/aromatic N) is 2. The van der Waals surface area contributed by atoms with E-state index < -0.39 is 10.0 Å². The lowest BCUT2D eigenvalue weighted by atomic mass is 10.2. The topological polar surface area (TPSA) is 87.7 Å². The first kappa shape index (κ1) is 12.6. The fourth-order valence-corrected chi connectivity index (χ4v) is 2.08. The smallest absolute Gasteiger partial charge is 0.232 e. The van der Waals surface area contributed by atoms with E-state index in [2.05, 4.69) is 19.9 Å². The first-order chi connectivity index (χ1) is 8.50. The van der Waals surface area contributed by atoms with Crippen LogP contribution in [0.1, 0.15) is 12.7 Å². The zero-order valence-corrected chi connectivity index (χ0v) is 11.0. The first-order valence-corrected chi connectivity index (χ1v) is 7.15. The van der Waals surface area contributed by atoms with E-state index >= 15 is 0 Å². The number of hydrogen-bond donors (Lipinski definition) is 2. The van der Waals surface area contributed by atoms with E-state index in [1.54, 1.807) is 32.0 Å². The van der Waals surface area contributed by atoms with E-state index in [1.807, 2.05) is 6.07 Å². The molecule has 7 heteroatoms. The molecule has 2 aromatic rings. The molecule has 0 aliphatic rings. The number of nitrogens with one attached hydrogen (secondary N) is 2. The molecule has 18 heavy (non-hydrogen) atoms. The lowest BCUT2D eigenvalue weighted by Gasteiger charge is -2.06. The molecule has 1 aromatic carbocycles. The van der Waals surface area contributed by atoms with Gasteiger partial charge >= 0.3 is 0 Å². The van der Waals surface area contributed by atoms with E-state index in [0.29, 0.717) is 17.3 Å². The summed E-state index contributed by atoms with van der Waals surface area (Å²) >= 11 is 0. The molecule has 0 saturated carbocycles. The molecule has 0 aliphatic heterocycles. The third-order valence-corrected chi connectivity index (χ3v) is 3.68. The molecular formula is C11H14N4O2S. The van der Waals surface area contributed by atoms with Gasteiger partial charge in [-0.1, -0.05) is 12.1 Å². The lowest BCUT2D eigenvalue weighted by molar-refractivity contribution is 0.602. The molecule has 6 nitrogen and oxygen atoms in total. The molecule has 0 radical (unpaired) electrons. The summed E-state index contributed by atoms with van der Waals surface area (Å²) in [5.41, 5.74) is 1.27. The van der Waals surface area contributed by atoms with Gasteiger partial charge in [-0.3, -0.25) is 9.82 Å². The minimum absolute atomic E-state index is 0.0387. The Morgan fingerprint density at radius 2 is 2.17 bits per heavy atom. The summed E-state index contributed by atoms with van der Waals surface area (Å²) in [7, 11) is -3.26. The highest BCUT2D eigenvalue weighted by atomic mass is 32.2. The highest BCUT2D eigenvalue weighted by Crippen LogP contribution is 2.19. The number of benzene rings is 1. The van der Waals surface area contributed by atoms with E-state index in [1.165, 1.54) is 0 Å². The highest BCUT2D eigenvalue weighted by Gasteiger charge is 2.09. The normalized spacial score (nSPS) is 11.4. The number of aryl methyl sites for hydroxylation is 1. The highest BCUT2D eigenvalue weighted by molar-refractivity contribution is 7.92. The Morgan fingerprint density at radius 3 is 2.78 bits per heavy atom. The third kappa shape index (κ3) is 2.86. The number of anilines is 1. The van der Waals surface area contributed by atoms with Crippen LogP contribution < -0.4 is 4.72 Å². The van der Waals surface area contributed by atoms with E-state index in [4.69, 9.17) is 0 Å². The lowest BCUT2D eigenvalue weighted by Crippen LogP contribution is -2.14. The number of aromatic nitrogens is 3. The molecule has 0 saturated heterocycles. The summed E-state index contributed by atoms with van der Waals surface area (Å²) in [4.78, 5) is 4.19. The standard InChI is InChI=1S/C11H14N4O2S/c1-3-18(16,17)15-10-6-4-5-9(7-10)11-12-8(2)13-14-11/h4-7,15H,3H2,1-2H3,(H,12,13,14). The molecule has 2 rings (SSSR count). The van der Waals surface area contributed by atoms with Crippen molar-refractivity contribution in [1.82, 2.24) is 15.2 Å². The molecule has 1 aromatic heterocycles. The molecule has 1 heterocycles. The second-order valence-corrected chi connectivity index (χ2v) is 5.84. The van der Waals surface area contributed by atoms with Crippen LogP contribution in [-0.4, -0.2) is 29.4 Å². The molecule has 2 N–H and O–H groups in total. The first-order valence-electron chi connectivity index (χ1n) is 5.50. The van der Waals surface area contributed by atoms with Crippen LogP contribution in [0, 0.1) is 6.92 Å². The van der Waals surface area contributed by atoms with Gasteiger partial charge in [0, 0.05) is 11.3 Å². The van der Waals surface area contributed by atoms with Crippen molar-refractivity contribution >= 4 is 15.7 Å². The SMILES string of the molecule is CCS(=O)(=O)Nc1cccc(-c2n[nH]c(C)n2)c1. The minimum Gasteiger partial charge on any atom is -0.284 e. The van der Waals surface area contributed by atoms with Crippen molar-refractivity contribution in [2.24, 2.45) is 0 Å². The molecule has 0 amide bonds. The zero-order chi connectivity index (χ0) is 13.2. The Balaban J connectivity index is 2.31. The van der Waals surface area contributed by atoms with Crippen molar-refractivity contribution in [3.05, 3.63) is 30.1 Å². The third-order valence-electron chi connectivity index (χ3n) is 2.37. The van der Waals surface area contributed by atoms with Crippen LogP contribution in [-0.2, 0) is 10.0 Å². The van der Waals surface area contributed by atoms with Crippen LogP contribution in [0.4, 0.5) is 5.69 Å². The Hall–Kier alpha value is -1.89. The molecule has 0 fully saturated rings. The van der Waals surface area contributed by atoms with Crippen molar-refractivity contribution in [3.63, 3.8) is 0 Å². The largest absolute Gasteiger partial charge is 0.284 e. The molecule has 0 bridgehead atoms. The zero-order valence-electron chi connectivity index (χ0n) is 10.1. The van der Waals surface area contributed by atoms with Gasteiger partial charge in [-0.25, -0.2) is 13.4 Å². The maximum Gasteiger partial charge on any atom is 0.232 e. The van der Waals surface area contributed by atoms with Gasteiger partial charge in [0.1, 0.15) is 5.82 Å². The Labute approximate surface area is 106 Å². The summed E-state index contributed by atoms with van der Waals surface area (Å²) < 4.78 is 25.4. The average molecular weight is 266 g/mol. The number of aromatic amines is 1. The van der Waals surface area contributed by atoms with Crippen molar-refractivity contribution in [3.8, 4) is 11.4 Å². The summed E-state index contributed by atoms with van der Waals surface area (Å²) in [5, 5.41) is 6.78. The van der Waals surface area contributed by atoms with Gasteiger partial charge < -0.3 is 0 Å². The maximum atomic E-state index is 11.5. The molecule has 96 valence electrons.